The molecule has 176 valence electrons. The van der Waals surface area contributed by atoms with Crippen LogP contribution in [0, 0.1) is 17.1 Å². The number of alkyl halides is 3. The molecule has 0 aliphatic heterocycles. The maximum Gasteiger partial charge on any atom is 0.422 e. The summed E-state index contributed by atoms with van der Waals surface area (Å²) >= 11 is 0. The van der Waals surface area contributed by atoms with Gasteiger partial charge in [0.2, 0.25) is 0 Å². The van der Waals surface area contributed by atoms with E-state index >= 15 is 0 Å². The number of carbonyl (C=O) groups excluding carboxylic acids is 1. The number of rotatable bonds is 7. The second kappa shape index (κ2) is 9.80. The molecule has 3 rings (SSSR count). The molecule has 0 saturated carbocycles. The van der Waals surface area contributed by atoms with Gasteiger partial charge < -0.3 is 10.1 Å². The monoisotopic (exact) mass is 493 g/mol. The van der Waals surface area contributed by atoms with Gasteiger partial charge in [-0.3, -0.25) is 9.52 Å². The van der Waals surface area contributed by atoms with Crippen molar-refractivity contribution in [2.24, 2.45) is 0 Å². The Morgan fingerprint density at radius 2 is 1.59 bits per heavy atom. The highest BCUT2D eigenvalue weighted by molar-refractivity contribution is 7.92. The molecule has 12 heteroatoms. The first-order valence-electron chi connectivity index (χ1n) is 9.40. The number of nitrogens with one attached hydrogen (secondary N) is 2. The highest BCUT2D eigenvalue weighted by atomic mass is 32.2. The number of ether oxygens (including phenoxy) is 1. The number of nitriles is 1. The first-order valence-corrected chi connectivity index (χ1v) is 10.9. The van der Waals surface area contributed by atoms with E-state index in [9.17, 15) is 30.8 Å². The zero-order chi connectivity index (χ0) is 24.9. The Bertz CT molecular complexity index is 1330. The quantitative estimate of drug-likeness (QED) is 0.464. The molecule has 3 aromatic carbocycles. The van der Waals surface area contributed by atoms with Crippen LogP contribution < -0.4 is 14.8 Å². The largest absolute Gasteiger partial charge is 0.483 e. The Labute approximate surface area is 191 Å². The summed E-state index contributed by atoms with van der Waals surface area (Å²) in [5.41, 5.74) is 0.141. The standard InChI is InChI=1S/C22H15F4N3O4S/c23-16-3-5-17(6-4-16)29-34(31,32)19-8-1-14(2-9-19)21(30)28-18-7-10-20(15(11-18)12-27)33-13-22(24,25)26/h1-11,29H,13H2,(H,28,30). The van der Waals surface area contributed by atoms with Gasteiger partial charge >= 0.3 is 6.18 Å². The van der Waals surface area contributed by atoms with Crippen molar-refractivity contribution in [1.29, 1.82) is 5.26 Å². The maximum atomic E-state index is 13.0. The highest BCUT2D eigenvalue weighted by Gasteiger charge is 2.29. The third kappa shape index (κ3) is 6.46. The van der Waals surface area contributed by atoms with Gasteiger partial charge in [0, 0.05) is 16.9 Å². The van der Waals surface area contributed by atoms with E-state index in [0.717, 1.165) is 24.3 Å². The van der Waals surface area contributed by atoms with Crippen LogP contribution in [0.5, 0.6) is 5.75 Å². The van der Waals surface area contributed by atoms with Crippen LogP contribution in [-0.2, 0) is 10.0 Å². The number of hydrogen-bond acceptors (Lipinski definition) is 5. The van der Waals surface area contributed by atoms with Crippen molar-refractivity contribution in [2.45, 2.75) is 11.1 Å². The maximum absolute atomic E-state index is 13.0. The lowest BCUT2D eigenvalue weighted by Crippen LogP contribution is -2.19. The molecule has 1 amide bonds. The number of hydrogen-bond donors (Lipinski definition) is 2. The van der Waals surface area contributed by atoms with Crippen molar-refractivity contribution in [3.05, 3.63) is 83.7 Å². The van der Waals surface area contributed by atoms with Gasteiger partial charge in [0.05, 0.1) is 10.5 Å². The summed E-state index contributed by atoms with van der Waals surface area (Å²) in [5.74, 6) is -1.46. The first kappa shape index (κ1) is 24.5. The van der Waals surface area contributed by atoms with Crippen molar-refractivity contribution in [1.82, 2.24) is 0 Å². The smallest absolute Gasteiger partial charge is 0.422 e. The van der Waals surface area contributed by atoms with Crippen LogP contribution in [-0.4, -0.2) is 27.1 Å². The normalized spacial score (nSPS) is 11.4. The van der Waals surface area contributed by atoms with Crippen molar-refractivity contribution in [3.63, 3.8) is 0 Å². The molecule has 34 heavy (non-hydrogen) atoms. The lowest BCUT2D eigenvalue weighted by Gasteiger charge is -2.12. The zero-order valence-electron chi connectivity index (χ0n) is 17.1. The van der Waals surface area contributed by atoms with Crippen LogP contribution in [0.4, 0.5) is 28.9 Å². The summed E-state index contributed by atoms with van der Waals surface area (Å²) in [4.78, 5) is 12.3. The summed E-state index contributed by atoms with van der Waals surface area (Å²) in [6, 6.07) is 14.8. The fourth-order valence-corrected chi connectivity index (χ4v) is 3.76. The average molecular weight is 493 g/mol. The van der Waals surface area contributed by atoms with Crippen molar-refractivity contribution in [2.75, 3.05) is 16.6 Å². The molecule has 0 spiro atoms. The molecule has 2 N–H and O–H groups in total. The second-order valence-electron chi connectivity index (χ2n) is 6.82. The molecule has 0 bridgehead atoms. The fraction of sp³-hybridized carbons (Fsp3) is 0.0909. The number of carbonyl (C=O) groups is 1. The molecule has 0 aromatic heterocycles. The van der Waals surface area contributed by atoms with Gasteiger partial charge in [-0.05, 0) is 66.7 Å². The fourth-order valence-electron chi connectivity index (χ4n) is 2.70. The highest BCUT2D eigenvalue weighted by Crippen LogP contribution is 2.25. The first-order chi connectivity index (χ1) is 16.0. The molecule has 0 aliphatic rings. The number of sulfonamides is 1. The number of anilines is 2. The van der Waals surface area contributed by atoms with Gasteiger partial charge in [-0.1, -0.05) is 0 Å². The minimum absolute atomic E-state index is 0.0802. The Morgan fingerprint density at radius 1 is 0.971 bits per heavy atom. The van der Waals surface area contributed by atoms with Crippen molar-refractivity contribution in [3.8, 4) is 11.8 Å². The van der Waals surface area contributed by atoms with Gasteiger partial charge in [0.1, 0.15) is 17.6 Å². The molecule has 0 unspecified atom stereocenters. The van der Waals surface area contributed by atoms with Gasteiger partial charge in [-0.25, -0.2) is 12.8 Å². The third-order valence-electron chi connectivity index (χ3n) is 4.27. The minimum Gasteiger partial charge on any atom is -0.483 e. The van der Waals surface area contributed by atoms with E-state index in [1.165, 1.54) is 42.5 Å². The zero-order valence-corrected chi connectivity index (χ0v) is 17.9. The average Bonchev–Trinajstić information content (AvgIpc) is 2.79. The van der Waals surface area contributed by atoms with Crippen LogP contribution in [0.3, 0.4) is 0 Å². The van der Waals surface area contributed by atoms with E-state index in [1.807, 2.05) is 0 Å². The van der Waals surface area contributed by atoms with Crippen LogP contribution in [0.2, 0.25) is 0 Å². The summed E-state index contributed by atoms with van der Waals surface area (Å²) in [6.07, 6.45) is -4.58. The lowest BCUT2D eigenvalue weighted by atomic mass is 10.1. The van der Waals surface area contributed by atoms with Crippen LogP contribution in [0.1, 0.15) is 15.9 Å². The van der Waals surface area contributed by atoms with Crippen LogP contribution in [0.15, 0.2) is 71.6 Å². The van der Waals surface area contributed by atoms with E-state index in [-0.39, 0.29) is 33.1 Å². The molecule has 0 heterocycles. The van der Waals surface area contributed by atoms with E-state index in [4.69, 9.17) is 5.26 Å². The molecule has 7 nitrogen and oxygen atoms in total. The number of halogens is 4. The van der Waals surface area contributed by atoms with Crippen LogP contribution >= 0.6 is 0 Å². The molecular formula is C22H15F4N3O4S. The molecule has 0 saturated heterocycles. The molecular weight excluding hydrogens is 478 g/mol. The van der Waals surface area contributed by atoms with Gasteiger partial charge in [-0.2, -0.15) is 18.4 Å². The van der Waals surface area contributed by atoms with E-state index in [0.29, 0.717) is 0 Å². The Balaban J connectivity index is 1.70. The van der Waals surface area contributed by atoms with Crippen LogP contribution in [0.25, 0.3) is 0 Å². The molecule has 0 atom stereocenters. The Hall–Kier alpha value is -4.11. The van der Waals surface area contributed by atoms with Crippen molar-refractivity contribution < 1.29 is 35.5 Å². The number of nitrogens with zero attached hydrogens (tertiary/aromatic N) is 1. The number of benzene rings is 3. The van der Waals surface area contributed by atoms with E-state index in [1.54, 1.807) is 6.07 Å². The van der Waals surface area contributed by atoms with Crippen molar-refractivity contribution >= 4 is 27.3 Å². The molecule has 0 aliphatic carbocycles. The Kier molecular flexibility index (Phi) is 7.07. The predicted molar refractivity (Wildman–Crippen MR) is 114 cm³/mol. The summed E-state index contributed by atoms with van der Waals surface area (Å²) in [7, 11) is -3.99. The SMILES string of the molecule is N#Cc1cc(NC(=O)c2ccc(S(=O)(=O)Nc3ccc(F)cc3)cc2)ccc1OCC(F)(F)F. The van der Waals surface area contributed by atoms with E-state index in [2.05, 4.69) is 14.8 Å². The molecule has 0 radical (unpaired) electrons. The van der Waals surface area contributed by atoms with Gasteiger partial charge in [-0.15, -0.1) is 0 Å². The lowest BCUT2D eigenvalue weighted by molar-refractivity contribution is -0.153. The summed E-state index contributed by atoms with van der Waals surface area (Å²) in [5, 5.41) is 11.6. The third-order valence-corrected chi connectivity index (χ3v) is 5.67. The minimum atomic E-state index is -4.58. The summed E-state index contributed by atoms with van der Waals surface area (Å²) < 4.78 is 81.7. The van der Waals surface area contributed by atoms with E-state index < -0.39 is 34.5 Å². The van der Waals surface area contributed by atoms with Gasteiger partial charge in [0.25, 0.3) is 15.9 Å². The number of amides is 1. The second-order valence-corrected chi connectivity index (χ2v) is 8.50. The summed E-state index contributed by atoms with van der Waals surface area (Å²) in [6.45, 7) is -1.57. The Morgan fingerprint density at radius 3 is 2.18 bits per heavy atom. The molecule has 0 fully saturated rings. The molecule has 3 aromatic rings. The van der Waals surface area contributed by atoms with Gasteiger partial charge in [0.15, 0.2) is 6.61 Å². The topological polar surface area (TPSA) is 108 Å². The predicted octanol–water partition coefficient (Wildman–Crippen LogP) is 4.69.